The first-order chi connectivity index (χ1) is 11.1. The minimum Gasteiger partial charge on any atom is -0.444 e. The Hall–Kier alpha value is -1.96. The molecule has 132 valence electrons. The van der Waals surface area contributed by atoms with E-state index in [1.807, 2.05) is 0 Å². The molecule has 2 aromatic rings. The smallest absolute Gasteiger partial charge is 0.226 e. The minimum atomic E-state index is -0.310. The van der Waals surface area contributed by atoms with Crippen LogP contribution in [0.3, 0.4) is 0 Å². The summed E-state index contributed by atoms with van der Waals surface area (Å²) >= 11 is 0. The fraction of sp³-hybridized carbons (Fsp3) is 0.375. The van der Waals surface area contributed by atoms with Crippen molar-refractivity contribution in [1.29, 1.82) is 0 Å². The number of oxazole rings is 1. The van der Waals surface area contributed by atoms with E-state index in [2.05, 4.69) is 10.3 Å². The standard InChI is InChI=1S/C16H20FN3O3.ClH/c1-22-14(9-18)8-15(21)19-7-6-13-10-23-16(20-13)11-2-4-12(17)5-3-11;/h2-5,10,14H,6-9,18H2,1H3,(H,19,21);1H. The summed E-state index contributed by atoms with van der Waals surface area (Å²) < 4.78 is 23.3. The van der Waals surface area contributed by atoms with Crippen molar-refractivity contribution in [1.82, 2.24) is 10.3 Å². The van der Waals surface area contributed by atoms with E-state index in [4.69, 9.17) is 14.9 Å². The molecule has 0 aliphatic carbocycles. The molecular formula is C16H21ClFN3O3. The molecule has 0 bridgehead atoms. The van der Waals surface area contributed by atoms with Gasteiger partial charge < -0.3 is 20.2 Å². The average molecular weight is 358 g/mol. The second-order valence-corrected chi connectivity index (χ2v) is 5.05. The molecule has 0 saturated carbocycles. The molecule has 1 atom stereocenters. The van der Waals surface area contributed by atoms with Crippen LogP contribution in [-0.4, -0.2) is 37.2 Å². The lowest BCUT2D eigenvalue weighted by atomic mass is 10.2. The predicted molar refractivity (Wildman–Crippen MR) is 90.3 cm³/mol. The van der Waals surface area contributed by atoms with Gasteiger partial charge in [0.05, 0.1) is 18.2 Å². The van der Waals surface area contributed by atoms with Crippen molar-refractivity contribution in [2.45, 2.75) is 18.9 Å². The van der Waals surface area contributed by atoms with Gasteiger partial charge in [-0.1, -0.05) is 0 Å². The average Bonchev–Trinajstić information content (AvgIpc) is 3.02. The highest BCUT2D eigenvalue weighted by molar-refractivity contribution is 5.85. The maximum absolute atomic E-state index is 12.9. The maximum Gasteiger partial charge on any atom is 0.226 e. The van der Waals surface area contributed by atoms with E-state index in [0.29, 0.717) is 36.7 Å². The Morgan fingerprint density at radius 2 is 2.12 bits per heavy atom. The molecule has 0 spiro atoms. The number of methoxy groups -OCH3 is 1. The van der Waals surface area contributed by atoms with Crippen LogP contribution in [0.15, 0.2) is 34.9 Å². The Balaban J connectivity index is 0.00000288. The molecule has 0 aliphatic heterocycles. The minimum absolute atomic E-state index is 0. The van der Waals surface area contributed by atoms with Gasteiger partial charge in [-0.25, -0.2) is 9.37 Å². The van der Waals surface area contributed by atoms with E-state index in [1.165, 1.54) is 25.5 Å². The molecule has 1 heterocycles. The zero-order valence-corrected chi connectivity index (χ0v) is 14.1. The second-order valence-electron chi connectivity index (χ2n) is 5.05. The first kappa shape index (κ1) is 20.1. The third-order valence-corrected chi connectivity index (χ3v) is 3.36. The molecule has 2 rings (SSSR count). The summed E-state index contributed by atoms with van der Waals surface area (Å²) in [5.74, 6) is -0.00598. The molecule has 6 nitrogen and oxygen atoms in total. The highest BCUT2D eigenvalue weighted by Crippen LogP contribution is 2.18. The molecule has 0 radical (unpaired) electrons. The summed E-state index contributed by atoms with van der Waals surface area (Å²) in [6, 6.07) is 5.90. The zero-order chi connectivity index (χ0) is 16.7. The molecule has 1 amide bonds. The highest BCUT2D eigenvalue weighted by Gasteiger charge is 2.11. The molecule has 3 N–H and O–H groups in total. The summed E-state index contributed by atoms with van der Waals surface area (Å²) in [5.41, 5.74) is 6.88. The Bertz CT molecular complexity index is 630. The van der Waals surface area contributed by atoms with E-state index in [9.17, 15) is 9.18 Å². The molecule has 1 aromatic carbocycles. The molecular weight excluding hydrogens is 337 g/mol. The summed E-state index contributed by atoms with van der Waals surface area (Å²) in [6.45, 7) is 0.740. The van der Waals surface area contributed by atoms with Crippen molar-refractivity contribution < 1.29 is 18.3 Å². The van der Waals surface area contributed by atoms with Crippen LogP contribution in [0.4, 0.5) is 4.39 Å². The number of nitrogens with one attached hydrogen (secondary N) is 1. The monoisotopic (exact) mass is 357 g/mol. The van der Waals surface area contributed by atoms with Crippen molar-refractivity contribution in [3.05, 3.63) is 42.0 Å². The number of aromatic nitrogens is 1. The molecule has 0 fully saturated rings. The van der Waals surface area contributed by atoms with Gasteiger partial charge in [-0.15, -0.1) is 12.4 Å². The van der Waals surface area contributed by atoms with Crippen LogP contribution in [0.1, 0.15) is 12.1 Å². The number of ether oxygens (including phenoxy) is 1. The van der Waals surface area contributed by atoms with Crippen LogP contribution in [0.2, 0.25) is 0 Å². The van der Waals surface area contributed by atoms with Crippen molar-refractivity contribution in [3.8, 4) is 11.5 Å². The number of rotatable bonds is 8. The first-order valence-electron chi connectivity index (χ1n) is 7.32. The Labute approximate surface area is 146 Å². The van der Waals surface area contributed by atoms with Gasteiger partial charge in [-0.05, 0) is 24.3 Å². The van der Waals surface area contributed by atoms with Gasteiger partial charge in [0.2, 0.25) is 11.8 Å². The normalized spacial score (nSPS) is 11.6. The zero-order valence-electron chi connectivity index (χ0n) is 13.3. The van der Waals surface area contributed by atoms with Gasteiger partial charge in [0, 0.05) is 32.2 Å². The lowest BCUT2D eigenvalue weighted by Gasteiger charge is -2.12. The van der Waals surface area contributed by atoms with Crippen LogP contribution in [0.25, 0.3) is 11.5 Å². The van der Waals surface area contributed by atoms with E-state index >= 15 is 0 Å². The number of carbonyl (C=O) groups excluding carboxylic acids is 1. The van der Waals surface area contributed by atoms with Crippen molar-refractivity contribution in [3.63, 3.8) is 0 Å². The Morgan fingerprint density at radius 3 is 2.75 bits per heavy atom. The lowest BCUT2D eigenvalue weighted by Crippen LogP contribution is -2.33. The number of hydrogen-bond acceptors (Lipinski definition) is 5. The van der Waals surface area contributed by atoms with Gasteiger partial charge in [0.25, 0.3) is 0 Å². The van der Waals surface area contributed by atoms with Gasteiger partial charge in [0.1, 0.15) is 12.1 Å². The predicted octanol–water partition coefficient (Wildman–Crippen LogP) is 1.93. The van der Waals surface area contributed by atoms with Crippen LogP contribution in [-0.2, 0) is 16.0 Å². The third-order valence-electron chi connectivity index (χ3n) is 3.36. The number of halogens is 2. The van der Waals surface area contributed by atoms with Crippen molar-refractivity contribution in [2.24, 2.45) is 5.73 Å². The largest absolute Gasteiger partial charge is 0.444 e. The molecule has 8 heteroatoms. The van der Waals surface area contributed by atoms with Crippen LogP contribution < -0.4 is 11.1 Å². The molecule has 0 saturated heterocycles. The highest BCUT2D eigenvalue weighted by atomic mass is 35.5. The van der Waals surface area contributed by atoms with Gasteiger partial charge in [-0.3, -0.25) is 4.79 Å². The fourth-order valence-corrected chi connectivity index (χ4v) is 2.02. The van der Waals surface area contributed by atoms with E-state index in [0.717, 1.165) is 0 Å². The van der Waals surface area contributed by atoms with Crippen molar-refractivity contribution >= 4 is 18.3 Å². The van der Waals surface area contributed by atoms with Gasteiger partial charge >= 0.3 is 0 Å². The first-order valence-corrected chi connectivity index (χ1v) is 7.32. The van der Waals surface area contributed by atoms with Crippen LogP contribution in [0.5, 0.6) is 0 Å². The summed E-state index contributed by atoms with van der Waals surface area (Å²) in [7, 11) is 1.52. The topological polar surface area (TPSA) is 90.4 Å². The number of nitrogens with zero attached hydrogens (tertiary/aromatic N) is 1. The number of hydrogen-bond donors (Lipinski definition) is 2. The number of benzene rings is 1. The Morgan fingerprint density at radius 1 is 1.42 bits per heavy atom. The third kappa shape index (κ3) is 5.92. The molecule has 1 aromatic heterocycles. The second kappa shape index (κ2) is 10.0. The number of carbonyl (C=O) groups is 1. The maximum atomic E-state index is 12.9. The van der Waals surface area contributed by atoms with E-state index in [1.54, 1.807) is 12.1 Å². The van der Waals surface area contributed by atoms with E-state index < -0.39 is 0 Å². The molecule has 1 unspecified atom stereocenters. The lowest BCUT2D eigenvalue weighted by molar-refractivity contribution is -0.123. The van der Waals surface area contributed by atoms with Crippen LogP contribution >= 0.6 is 12.4 Å². The molecule has 0 aliphatic rings. The quantitative estimate of drug-likeness (QED) is 0.753. The SMILES string of the molecule is COC(CN)CC(=O)NCCc1coc(-c2ccc(F)cc2)n1.Cl. The summed E-state index contributed by atoms with van der Waals surface area (Å²) in [5, 5.41) is 2.78. The number of nitrogens with two attached hydrogens (primary N) is 1. The van der Waals surface area contributed by atoms with Gasteiger partial charge in [0.15, 0.2) is 0 Å². The van der Waals surface area contributed by atoms with Crippen LogP contribution in [0, 0.1) is 5.82 Å². The van der Waals surface area contributed by atoms with E-state index in [-0.39, 0.29) is 36.7 Å². The van der Waals surface area contributed by atoms with Gasteiger partial charge in [-0.2, -0.15) is 0 Å². The fourth-order valence-electron chi connectivity index (χ4n) is 2.02. The molecule has 24 heavy (non-hydrogen) atoms. The number of amides is 1. The Kier molecular flexibility index (Phi) is 8.39. The summed E-state index contributed by atoms with van der Waals surface area (Å²) in [4.78, 5) is 16.0. The van der Waals surface area contributed by atoms with Crippen molar-refractivity contribution in [2.75, 3.05) is 20.2 Å². The summed E-state index contributed by atoms with van der Waals surface area (Å²) in [6.07, 6.45) is 2.03.